The third-order valence-electron chi connectivity index (χ3n) is 8.50. The number of fused-ring (bicyclic) bond motifs is 1. The lowest BCUT2D eigenvalue weighted by Crippen LogP contribution is -2.57. The van der Waals surface area contributed by atoms with Crippen molar-refractivity contribution in [2.45, 2.75) is 38.6 Å². The fourth-order valence-electron chi connectivity index (χ4n) is 6.25. The van der Waals surface area contributed by atoms with E-state index in [1.54, 1.807) is 11.1 Å². The van der Waals surface area contributed by atoms with Gasteiger partial charge in [-0.1, -0.05) is 32.0 Å². The summed E-state index contributed by atoms with van der Waals surface area (Å²) in [5.74, 6) is -0.0420. The fourth-order valence-corrected chi connectivity index (χ4v) is 6.25. The molecule has 0 radical (unpaired) electrons. The molecule has 3 amide bonds. The molecule has 3 aromatic rings. The second-order valence-corrected chi connectivity index (χ2v) is 11.6. The van der Waals surface area contributed by atoms with Crippen LogP contribution in [0.5, 0.6) is 0 Å². The average Bonchev–Trinajstić information content (AvgIpc) is 3.61. The number of carbonyl (C=O) groups is 3. The van der Waals surface area contributed by atoms with Crippen LogP contribution in [0.4, 0.5) is 5.69 Å². The number of aromatic nitrogens is 2. The normalized spacial score (nSPS) is 20.6. The summed E-state index contributed by atoms with van der Waals surface area (Å²) in [6, 6.07) is 15.5. The summed E-state index contributed by atoms with van der Waals surface area (Å²) in [6.07, 6.45) is 3.72. The Kier molecular flexibility index (Phi) is 5.89. The van der Waals surface area contributed by atoms with Crippen LogP contribution in [0.25, 0.3) is 10.9 Å². The molecule has 4 heterocycles. The molecule has 1 N–H and O–H groups in total. The minimum absolute atomic E-state index is 0.0104. The van der Waals surface area contributed by atoms with Crippen molar-refractivity contribution in [3.63, 3.8) is 0 Å². The van der Waals surface area contributed by atoms with Gasteiger partial charge in [0.25, 0.3) is 11.8 Å². The van der Waals surface area contributed by atoms with Gasteiger partial charge in [-0.05, 0) is 55.0 Å². The third-order valence-corrected chi connectivity index (χ3v) is 8.50. The van der Waals surface area contributed by atoms with E-state index in [0.29, 0.717) is 38.2 Å². The van der Waals surface area contributed by atoms with Crippen LogP contribution in [-0.2, 0) is 9.59 Å². The van der Waals surface area contributed by atoms with Crippen LogP contribution >= 0.6 is 0 Å². The molecule has 3 aliphatic rings. The Bertz CT molecular complexity index is 1380. The van der Waals surface area contributed by atoms with Crippen molar-refractivity contribution in [1.82, 2.24) is 24.9 Å². The van der Waals surface area contributed by atoms with Gasteiger partial charge in [-0.2, -0.15) is 5.10 Å². The second-order valence-electron chi connectivity index (χ2n) is 11.6. The molecule has 38 heavy (non-hydrogen) atoms. The van der Waals surface area contributed by atoms with Gasteiger partial charge in [-0.25, -0.2) is 0 Å². The number of aromatic amines is 1. The molecule has 0 atom stereocenters. The van der Waals surface area contributed by atoms with E-state index in [2.05, 4.69) is 28.9 Å². The van der Waals surface area contributed by atoms with E-state index in [1.165, 1.54) is 0 Å². The molecule has 0 unspecified atom stereocenters. The minimum atomic E-state index is -0.767. The first-order valence-electron chi connectivity index (χ1n) is 13.4. The number of piperidine rings is 1. The monoisotopic (exact) mass is 514 g/mol. The summed E-state index contributed by atoms with van der Waals surface area (Å²) in [5, 5.41) is 7.85. The van der Waals surface area contributed by atoms with E-state index in [4.69, 9.17) is 0 Å². The van der Waals surface area contributed by atoms with Crippen LogP contribution in [0.2, 0.25) is 0 Å². The quantitative estimate of drug-likeness (QED) is 0.578. The maximum absolute atomic E-state index is 14.0. The molecule has 1 aromatic heterocycles. The van der Waals surface area contributed by atoms with Gasteiger partial charge in [0.1, 0.15) is 12.1 Å². The van der Waals surface area contributed by atoms with Crippen LogP contribution in [0, 0.1) is 5.41 Å². The predicted octanol–water partition coefficient (Wildman–Crippen LogP) is 3.10. The molecule has 3 saturated heterocycles. The summed E-state index contributed by atoms with van der Waals surface area (Å²) < 4.78 is 0. The number of benzene rings is 2. The molecule has 0 saturated carbocycles. The first-order chi connectivity index (χ1) is 18.3. The van der Waals surface area contributed by atoms with Gasteiger partial charge in [0.05, 0.1) is 18.4 Å². The lowest BCUT2D eigenvalue weighted by Gasteiger charge is -2.43. The van der Waals surface area contributed by atoms with Crippen LogP contribution in [0.15, 0.2) is 54.7 Å². The lowest BCUT2D eigenvalue weighted by molar-refractivity contribution is -0.140. The first-order valence-corrected chi connectivity index (χ1v) is 13.4. The van der Waals surface area contributed by atoms with E-state index in [0.717, 1.165) is 36.1 Å². The number of rotatable bonds is 4. The predicted molar refractivity (Wildman–Crippen MR) is 144 cm³/mol. The molecular formula is C29H34N6O3. The van der Waals surface area contributed by atoms with Crippen molar-refractivity contribution in [3.8, 4) is 0 Å². The maximum Gasteiger partial charge on any atom is 0.253 e. The number of nitrogens with zero attached hydrogens (tertiary/aromatic N) is 5. The highest BCUT2D eigenvalue weighted by Crippen LogP contribution is 2.40. The Balaban J connectivity index is 1.21. The van der Waals surface area contributed by atoms with E-state index < -0.39 is 5.54 Å². The van der Waals surface area contributed by atoms with E-state index >= 15 is 0 Å². The molecule has 9 heteroatoms. The van der Waals surface area contributed by atoms with Crippen molar-refractivity contribution in [2.24, 2.45) is 5.41 Å². The minimum Gasteiger partial charge on any atom is -0.341 e. The summed E-state index contributed by atoms with van der Waals surface area (Å²) in [5.41, 5.74) is 1.82. The number of likely N-dealkylation sites (tertiary alicyclic amines) is 2. The molecule has 0 aliphatic carbocycles. The van der Waals surface area contributed by atoms with Gasteiger partial charge < -0.3 is 19.6 Å². The van der Waals surface area contributed by atoms with Gasteiger partial charge in [0.15, 0.2) is 0 Å². The van der Waals surface area contributed by atoms with Crippen molar-refractivity contribution < 1.29 is 14.4 Å². The van der Waals surface area contributed by atoms with E-state index in [9.17, 15) is 14.4 Å². The molecular weight excluding hydrogens is 480 g/mol. The van der Waals surface area contributed by atoms with Crippen LogP contribution in [0.3, 0.4) is 0 Å². The largest absolute Gasteiger partial charge is 0.341 e. The number of nitrogens with one attached hydrogen (secondary N) is 1. The molecule has 3 aliphatic heterocycles. The standard InChI is InChI=1S/C29H34N6O3/c1-28(2)10-13-33(19-28)25(36)18-34-20-35(23-6-4-3-5-7-23)29(27(34)38)11-14-32(15-12-29)26(37)21-8-9-24-22(16-21)17-30-31-24/h3-9,16-17H,10-15,18-20H2,1-2H3,(H,30,31). The summed E-state index contributed by atoms with van der Waals surface area (Å²) in [4.78, 5) is 48.1. The van der Waals surface area contributed by atoms with Crippen molar-refractivity contribution in [3.05, 3.63) is 60.3 Å². The van der Waals surface area contributed by atoms with E-state index in [-0.39, 0.29) is 29.7 Å². The molecule has 2 aromatic carbocycles. The number of para-hydroxylation sites is 1. The number of amides is 3. The third kappa shape index (κ3) is 4.19. The number of hydrogen-bond acceptors (Lipinski definition) is 5. The molecule has 6 rings (SSSR count). The van der Waals surface area contributed by atoms with E-state index in [1.807, 2.05) is 58.3 Å². The lowest BCUT2D eigenvalue weighted by atomic mass is 9.85. The Morgan fingerprint density at radius 3 is 2.42 bits per heavy atom. The van der Waals surface area contributed by atoms with Gasteiger partial charge in [0, 0.05) is 42.8 Å². The number of hydrogen-bond donors (Lipinski definition) is 1. The molecule has 1 spiro atoms. The second kappa shape index (κ2) is 9.15. The Morgan fingerprint density at radius 1 is 0.974 bits per heavy atom. The zero-order chi connectivity index (χ0) is 26.5. The highest BCUT2D eigenvalue weighted by Gasteiger charge is 2.54. The molecule has 0 bridgehead atoms. The van der Waals surface area contributed by atoms with Crippen LogP contribution < -0.4 is 4.90 Å². The smallest absolute Gasteiger partial charge is 0.253 e. The van der Waals surface area contributed by atoms with Gasteiger partial charge in [0.2, 0.25) is 5.91 Å². The maximum atomic E-state index is 14.0. The Labute approximate surface area is 222 Å². The molecule has 9 nitrogen and oxygen atoms in total. The summed E-state index contributed by atoms with van der Waals surface area (Å²) >= 11 is 0. The zero-order valence-corrected chi connectivity index (χ0v) is 22.0. The van der Waals surface area contributed by atoms with Crippen molar-refractivity contribution in [2.75, 3.05) is 44.3 Å². The average molecular weight is 515 g/mol. The SMILES string of the molecule is CC1(C)CCN(C(=O)CN2CN(c3ccccc3)C3(CCN(C(=O)c4ccc5[nH]ncc5c4)CC3)C2=O)C1. The van der Waals surface area contributed by atoms with Gasteiger partial charge in [-0.3, -0.25) is 19.5 Å². The Morgan fingerprint density at radius 2 is 1.71 bits per heavy atom. The molecule has 198 valence electrons. The topological polar surface area (TPSA) is 92.8 Å². The number of carbonyl (C=O) groups excluding carboxylic acids is 3. The first kappa shape index (κ1) is 24.5. The van der Waals surface area contributed by atoms with Crippen molar-refractivity contribution in [1.29, 1.82) is 0 Å². The fraction of sp³-hybridized carbons (Fsp3) is 0.448. The highest BCUT2D eigenvalue weighted by atomic mass is 16.2. The highest BCUT2D eigenvalue weighted by molar-refractivity contribution is 5.99. The van der Waals surface area contributed by atoms with Crippen LogP contribution in [0.1, 0.15) is 43.5 Å². The van der Waals surface area contributed by atoms with Crippen LogP contribution in [-0.4, -0.2) is 87.6 Å². The van der Waals surface area contributed by atoms with Gasteiger partial charge in [-0.15, -0.1) is 0 Å². The Hall–Kier alpha value is -3.88. The summed E-state index contributed by atoms with van der Waals surface area (Å²) in [6.45, 7) is 7.22. The number of H-pyrrole nitrogens is 1. The summed E-state index contributed by atoms with van der Waals surface area (Å²) in [7, 11) is 0. The van der Waals surface area contributed by atoms with Gasteiger partial charge >= 0.3 is 0 Å². The van der Waals surface area contributed by atoms with Crippen molar-refractivity contribution >= 4 is 34.3 Å². The zero-order valence-electron chi connectivity index (χ0n) is 22.0. The number of anilines is 1. The molecule has 3 fully saturated rings.